The maximum Gasteiger partial charge on any atom is 0.280 e. The van der Waals surface area contributed by atoms with Gasteiger partial charge in [0, 0.05) is 0 Å². The van der Waals surface area contributed by atoms with Crippen LogP contribution in [0.3, 0.4) is 0 Å². The maximum absolute atomic E-state index is 11.9. The monoisotopic (exact) mass is 196 g/mol. The molecule has 72 valence electrons. The van der Waals surface area contributed by atoms with Gasteiger partial charge < -0.3 is 0 Å². The molecule has 0 unspecified atom stereocenters. The number of carbonyl (C=O) groups excluding carboxylic acids is 1. The Kier molecular flexibility index (Phi) is 1.59. The van der Waals surface area contributed by atoms with Gasteiger partial charge in [-0.3, -0.25) is 4.79 Å². The first-order valence-electron chi connectivity index (χ1n) is 4.73. The number of carbonyl (C=O) groups is 1. The highest BCUT2D eigenvalue weighted by Gasteiger charge is 2.30. The van der Waals surface area contributed by atoms with Crippen molar-refractivity contribution in [3.8, 4) is 0 Å². The van der Waals surface area contributed by atoms with Crippen LogP contribution in [0.1, 0.15) is 0 Å². The van der Waals surface area contributed by atoms with Crippen LogP contribution in [0.2, 0.25) is 0 Å². The van der Waals surface area contributed by atoms with E-state index in [1.54, 1.807) is 6.08 Å². The number of hydrogen-bond donors (Lipinski definition) is 0. The molecule has 2 aliphatic rings. The fraction of sp³-hybridized carbons (Fsp3) is 0. The van der Waals surface area contributed by atoms with Gasteiger partial charge in [-0.25, -0.2) is 0 Å². The zero-order chi connectivity index (χ0) is 10.3. The molecule has 0 radical (unpaired) electrons. The Labute approximate surface area is 87.0 Å². The van der Waals surface area contributed by atoms with Crippen molar-refractivity contribution >= 4 is 17.3 Å². The molecule has 0 bridgehead atoms. The number of allylic oxidation sites excluding steroid dienone is 3. The highest BCUT2D eigenvalue weighted by atomic mass is 16.2. The van der Waals surface area contributed by atoms with Gasteiger partial charge in [-0.1, -0.05) is 24.3 Å². The molecule has 1 aliphatic heterocycles. The van der Waals surface area contributed by atoms with Crippen molar-refractivity contribution in [2.75, 3.05) is 5.01 Å². The number of nitrogens with zero attached hydrogens (tertiary/aromatic N) is 2. The summed E-state index contributed by atoms with van der Waals surface area (Å²) in [6.07, 6.45) is 5.48. The Morgan fingerprint density at radius 2 is 1.93 bits per heavy atom. The van der Waals surface area contributed by atoms with Crippen molar-refractivity contribution in [2.24, 2.45) is 5.10 Å². The molecule has 1 aromatic rings. The van der Waals surface area contributed by atoms with Crippen molar-refractivity contribution in [1.29, 1.82) is 0 Å². The van der Waals surface area contributed by atoms with Crippen LogP contribution in [-0.4, -0.2) is 11.6 Å². The predicted octanol–water partition coefficient (Wildman–Crippen LogP) is 1.89. The lowest BCUT2D eigenvalue weighted by molar-refractivity contribution is -0.114. The molecule has 0 saturated carbocycles. The summed E-state index contributed by atoms with van der Waals surface area (Å²) in [4.78, 5) is 11.9. The standard InChI is InChI=1S/C12H8N2O/c15-12-10-7-4-8-11(10)13-14(12)9-5-2-1-3-6-9/h1-8H. The first kappa shape index (κ1) is 8.17. The summed E-state index contributed by atoms with van der Waals surface area (Å²) in [5.74, 6) is -0.0544. The molecule has 3 nitrogen and oxygen atoms in total. The minimum atomic E-state index is -0.0544. The first-order valence-corrected chi connectivity index (χ1v) is 4.73. The molecule has 15 heavy (non-hydrogen) atoms. The molecule has 0 spiro atoms. The van der Waals surface area contributed by atoms with Gasteiger partial charge >= 0.3 is 0 Å². The summed E-state index contributed by atoms with van der Waals surface area (Å²) >= 11 is 0. The topological polar surface area (TPSA) is 32.7 Å². The van der Waals surface area contributed by atoms with Crippen molar-refractivity contribution in [3.05, 3.63) is 54.1 Å². The minimum Gasteiger partial charge on any atom is -0.267 e. The number of para-hydroxylation sites is 1. The lowest BCUT2D eigenvalue weighted by Gasteiger charge is -2.10. The second kappa shape index (κ2) is 2.92. The molecule has 1 amide bonds. The minimum absolute atomic E-state index is 0.0544. The Bertz CT molecular complexity index is 512. The summed E-state index contributed by atoms with van der Waals surface area (Å²) in [6.45, 7) is 0. The number of rotatable bonds is 1. The fourth-order valence-electron chi connectivity index (χ4n) is 1.69. The Morgan fingerprint density at radius 1 is 1.13 bits per heavy atom. The van der Waals surface area contributed by atoms with Gasteiger partial charge in [-0.15, -0.1) is 0 Å². The van der Waals surface area contributed by atoms with Crippen LogP contribution >= 0.6 is 0 Å². The lowest BCUT2D eigenvalue weighted by Crippen LogP contribution is -2.20. The van der Waals surface area contributed by atoms with Gasteiger partial charge in [0.2, 0.25) is 0 Å². The van der Waals surface area contributed by atoms with Crippen LogP contribution in [0.4, 0.5) is 5.69 Å². The van der Waals surface area contributed by atoms with E-state index in [0.717, 1.165) is 11.4 Å². The number of anilines is 1. The molecule has 1 aliphatic carbocycles. The fourth-order valence-corrected chi connectivity index (χ4v) is 1.69. The van der Waals surface area contributed by atoms with E-state index in [4.69, 9.17) is 0 Å². The quantitative estimate of drug-likeness (QED) is 0.675. The smallest absolute Gasteiger partial charge is 0.267 e. The Balaban J connectivity index is 2.05. The SMILES string of the molecule is O=C1C2=CC=CC2=NN1c1ccccc1. The summed E-state index contributed by atoms with van der Waals surface area (Å²) in [7, 11) is 0. The number of hydrazone groups is 1. The number of benzene rings is 1. The van der Waals surface area contributed by atoms with Crippen molar-refractivity contribution in [3.63, 3.8) is 0 Å². The Hall–Kier alpha value is -2.16. The van der Waals surface area contributed by atoms with Crippen LogP contribution in [0, 0.1) is 0 Å². The summed E-state index contributed by atoms with van der Waals surface area (Å²) in [6, 6.07) is 9.43. The van der Waals surface area contributed by atoms with Crippen molar-refractivity contribution in [1.82, 2.24) is 0 Å². The Morgan fingerprint density at radius 3 is 2.67 bits per heavy atom. The third-order valence-corrected chi connectivity index (χ3v) is 2.42. The number of fused-ring (bicyclic) bond motifs is 1. The van der Waals surface area contributed by atoms with Crippen LogP contribution in [-0.2, 0) is 4.79 Å². The predicted molar refractivity (Wildman–Crippen MR) is 58.6 cm³/mol. The number of hydrogen-bond acceptors (Lipinski definition) is 2. The first-order chi connectivity index (χ1) is 7.36. The van der Waals surface area contributed by atoms with E-state index >= 15 is 0 Å². The normalized spacial score (nSPS) is 17.9. The van der Waals surface area contributed by atoms with Crippen LogP contribution in [0.15, 0.2) is 59.2 Å². The highest BCUT2D eigenvalue weighted by molar-refractivity contribution is 6.35. The molecule has 0 saturated heterocycles. The van der Waals surface area contributed by atoms with Crippen LogP contribution in [0.5, 0.6) is 0 Å². The van der Waals surface area contributed by atoms with Gasteiger partial charge in [-0.05, 0) is 24.3 Å². The molecular weight excluding hydrogens is 188 g/mol. The average Bonchev–Trinajstić information content (AvgIpc) is 2.83. The van der Waals surface area contributed by atoms with Crippen molar-refractivity contribution < 1.29 is 4.79 Å². The van der Waals surface area contributed by atoms with E-state index in [2.05, 4.69) is 5.10 Å². The third kappa shape index (κ3) is 1.13. The third-order valence-electron chi connectivity index (χ3n) is 2.42. The highest BCUT2D eigenvalue weighted by Crippen LogP contribution is 2.25. The van der Waals surface area contributed by atoms with Gasteiger partial charge in [0.25, 0.3) is 5.91 Å². The second-order valence-electron chi connectivity index (χ2n) is 3.38. The summed E-state index contributed by atoms with van der Waals surface area (Å²) < 4.78 is 0. The molecule has 1 heterocycles. The van der Waals surface area contributed by atoms with Crippen LogP contribution < -0.4 is 5.01 Å². The molecule has 0 atom stereocenters. The van der Waals surface area contributed by atoms with E-state index in [1.807, 2.05) is 42.5 Å². The second-order valence-corrected chi connectivity index (χ2v) is 3.38. The van der Waals surface area contributed by atoms with E-state index < -0.39 is 0 Å². The van der Waals surface area contributed by atoms with Crippen LogP contribution in [0.25, 0.3) is 0 Å². The molecule has 3 rings (SSSR count). The van der Waals surface area contributed by atoms with E-state index in [-0.39, 0.29) is 5.91 Å². The molecule has 0 aromatic heterocycles. The largest absolute Gasteiger partial charge is 0.280 e. The maximum atomic E-state index is 11.9. The number of amides is 1. The summed E-state index contributed by atoms with van der Waals surface area (Å²) in [5.41, 5.74) is 2.24. The van der Waals surface area contributed by atoms with E-state index in [1.165, 1.54) is 5.01 Å². The van der Waals surface area contributed by atoms with Crippen molar-refractivity contribution in [2.45, 2.75) is 0 Å². The zero-order valence-electron chi connectivity index (χ0n) is 7.92. The average molecular weight is 196 g/mol. The molecule has 0 fully saturated rings. The van der Waals surface area contributed by atoms with E-state index in [9.17, 15) is 4.79 Å². The zero-order valence-corrected chi connectivity index (χ0v) is 7.92. The lowest BCUT2D eigenvalue weighted by atomic mass is 10.2. The molecule has 1 aromatic carbocycles. The van der Waals surface area contributed by atoms with Gasteiger partial charge in [0.05, 0.1) is 17.0 Å². The summed E-state index contributed by atoms with van der Waals surface area (Å²) in [5, 5.41) is 5.68. The molecule has 3 heteroatoms. The molecule has 0 N–H and O–H groups in total. The van der Waals surface area contributed by atoms with E-state index in [0.29, 0.717) is 5.57 Å². The molecular formula is C12H8N2O. The van der Waals surface area contributed by atoms with Gasteiger partial charge in [0.15, 0.2) is 0 Å². The van der Waals surface area contributed by atoms with Gasteiger partial charge in [0.1, 0.15) is 0 Å². The van der Waals surface area contributed by atoms with Gasteiger partial charge in [-0.2, -0.15) is 10.1 Å².